The monoisotopic (exact) mass is 365 g/mol. The van der Waals surface area contributed by atoms with E-state index in [1.54, 1.807) is 6.92 Å². The first-order valence-corrected chi connectivity index (χ1v) is 8.29. The SMILES string of the molecule is CC(O)c1cccc(SCC(=O)Nc2ccc(Br)cc2)c1. The van der Waals surface area contributed by atoms with E-state index < -0.39 is 6.10 Å². The average Bonchev–Trinajstić information content (AvgIpc) is 2.48. The standard InChI is InChI=1S/C16H16BrNO2S/c1-11(19)12-3-2-4-15(9-12)21-10-16(20)18-14-7-5-13(17)6-8-14/h2-9,11,19H,10H2,1H3,(H,18,20). The summed E-state index contributed by atoms with van der Waals surface area (Å²) in [6.07, 6.45) is -0.498. The molecule has 0 aliphatic rings. The molecule has 5 heteroatoms. The molecule has 3 nitrogen and oxygen atoms in total. The van der Waals surface area contributed by atoms with Crippen molar-refractivity contribution >= 4 is 39.3 Å². The Bertz CT molecular complexity index is 614. The lowest BCUT2D eigenvalue weighted by Crippen LogP contribution is -2.13. The number of amides is 1. The number of carbonyl (C=O) groups is 1. The molecule has 2 N–H and O–H groups in total. The Morgan fingerprint density at radius 3 is 2.67 bits per heavy atom. The maximum absolute atomic E-state index is 11.9. The molecule has 2 aromatic rings. The molecule has 2 aromatic carbocycles. The number of hydrogen-bond acceptors (Lipinski definition) is 3. The van der Waals surface area contributed by atoms with Crippen LogP contribution in [0.15, 0.2) is 57.9 Å². The van der Waals surface area contributed by atoms with Crippen molar-refractivity contribution in [2.75, 3.05) is 11.1 Å². The van der Waals surface area contributed by atoms with Crippen LogP contribution in [-0.4, -0.2) is 16.8 Å². The molecule has 0 saturated carbocycles. The van der Waals surface area contributed by atoms with Crippen molar-refractivity contribution in [1.29, 1.82) is 0 Å². The van der Waals surface area contributed by atoms with Crippen molar-refractivity contribution in [3.63, 3.8) is 0 Å². The fraction of sp³-hybridized carbons (Fsp3) is 0.188. The van der Waals surface area contributed by atoms with Gasteiger partial charge in [-0.25, -0.2) is 0 Å². The Balaban J connectivity index is 1.89. The number of thioether (sulfide) groups is 1. The molecule has 0 aliphatic carbocycles. The van der Waals surface area contributed by atoms with E-state index in [-0.39, 0.29) is 5.91 Å². The van der Waals surface area contributed by atoms with Crippen LogP contribution in [0, 0.1) is 0 Å². The van der Waals surface area contributed by atoms with E-state index in [1.165, 1.54) is 11.8 Å². The van der Waals surface area contributed by atoms with Gasteiger partial charge < -0.3 is 10.4 Å². The second-order valence-electron chi connectivity index (χ2n) is 4.59. The molecule has 0 aromatic heterocycles. The number of rotatable bonds is 5. The summed E-state index contributed by atoms with van der Waals surface area (Å²) in [5.74, 6) is 0.282. The first-order valence-electron chi connectivity index (χ1n) is 6.51. The van der Waals surface area contributed by atoms with Crippen LogP contribution in [0.2, 0.25) is 0 Å². The maximum atomic E-state index is 11.9. The van der Waals surface area contributed by atoms with Crippen LogP contribution >= 0.6 is 27.7 Å². The van der Waals surface area contributed by atoms with Crippen molar-refractivity contribution in [3.8, 4) is 0 Å². The van der Waals surface area contributed by atoms with Crippen molar-refractivity contribution in [2.45, 2.75) is 17.9 Å². The fourth-order valence-electron chi connectivity index (χ4n) is 1.74. The molecule has 0 saturated heterocycles. The molecule has 1 amide bonds. The van der Waals surface area contributed by atoms with Crippen LogP contribution < -0.4 is 5.32 Å². The van der Waals surface area contributed by atoms with Crippen molar-refractivity contribution in [3.05, 3.63) is 58.6 Å². The summed E-state index contributed by atoms with van der Waals surface area (Å²) in [6.45, 7) is 1.73. The summed E-state index contributed by atoms with van der Waals surface area (Å²) < 4.78 is 0.977. The van der Waals surface area contributed by atoms with Crippen LogP contribution in [0.25, 0.3) is 0 Å². The van der Waals surface area contributed by atoms with E-state index in [0.717, 1.165) is 20.6 Å². The third-order valence-corrected chi connectivity index (χ3v) is 4.36. The predicted octanol–water partition coefficient (Wildman–Crippen LogP) is 4.23. The van der Waals surface area contributed by atoms with Crippen molar-refractivity contribution < 1.29 is 9.90 Å². The second-order valence-corrected chi connectivity index (χ2v) is 6.56. The van der Waals surface area contributed by atoms with Crippen LogP contribution in [0.3, 0.4) is 0 Å². The minimum Gasteiger partial charge on any atom is -0.389 e. The van der Waals surface area contributed by atoms with Gasteiger partial charge in [-0.1, -0.05) is 28.1 Å². The lowest BCUT2D eigenvalue weighted by molar-refractivity contribution is -0.113. The molecule has 110 valence electrons. The summed E-state index contributed by atoms with van der Waals surface area (Å²) >= 11 is 4.80. The minimum atomic E-state index is -0.498. The molecular formula is C16H16BrNO2S. The zero-order valence-corrected chi connectivity index (χ0v) is 13.9. The van der Waals surface area contributed by atoms with Crippen LogP contribution in [0.1, 0.15) is 18.6 Å². The third-order valence-electron chi connectivity index (χ3n) is 2.84. The van der Waals surface area contributed by atoms with E-state index >= 15 is 0 Å². The van der Waals surface area contributed by atoms with E-state index in [1.807, 2.05) is 48.5 Å². The number of hydrogen-bond donors (Lipinski definition) is 2. The Labute approximate surface area is 136 Å². The largest absolute Gasteiger partial charge is 0.389 e. The van der Waals surface area contributed by atoms with Gasteiger partial charge in [-0.2, -0.15) is 0 Å². The minimum absolute atomic E-state index is 0.0511. The highest BCUT2D eigenvalue weighted by atomic mass is 79.9. The molecule has 0 spiro atoms. The van der Waals surface area contributed by atoms with E-state index in [9.17, 15) is 9.90 Å². The summed E-state index contributed by atoms with van der Waals surface area (Å²) in [4.78, 5) is 12.9. The summed E-state index contributed by atoms with van der Waals surface area (Å²) in [6, 6.07) is 15.1. The topological polar surface area (TPSA) is 49.3 Å². The molecule has 0 fully saturated rings. The van der Waals surface area contributed by atoms with Crippen LogP contribution in [0.5, 0.6) is 0 Å². The third kappa shape index (κ3) is 5.19. The number of anilines is 1. The van der Waals surface area contributed by atoms with Crippen LogP contribution in [-0.2, 0) is 4.79 Å². The molecule has 2 rings (SSSR count). The van der Waals surface area contributed by atoms with Gasteiger partial charge in [0.15, 0.2) is 0 Å². The second kappa shape index (κ2) is 7.64. The quantitative estimate of drug-likeness (QED) is 0.779. The van der Waals surface area contributed by atoms with E-state index in [4.69, 9.17) is 0 Å². The van der Waals surface area contributed by atoms with E-state index in [0.29, 0.717) is 5.75 Å². The van der Waals surface area contributed by atoms with Gasteiger partial charge in [0, 0.05) is 15.1 Å². The van der Waals surface area contributed by atoms with Gasteiger partial charge in [0.2, 0.25) is 5.91 Å². The molecule has 1 unspecified atom stereocenters. The number of benzene rings is 2. The number of halogens is 1. The van der Waals surface area contributed by atoms with Crippen molar-refractivity contribution in [2.24, 2.45) is 0 Å². The highest BCUT2D eigenvalue weighted by Crippen LogP contribution is 2.22. The Morgan fingerprint density at radius 2 is 2.00 bits per heavy atom. The lowest BCUT2D eigenvalue weighted by Gasteiger charge is -2.08. The molecule has 21 heavy (non-hydrogen) atoms. The molecule has 0 heterocycles. The highest BCUT2D eigenvalue weighted by molar-refractivity contribution is 9.10. The molecule has 0 aliphatic heterocycles. The molecule has 0 radical (unpaired) electrons. The number of aliphatic hydroxyl groups is 1. The van der Waals surface area contributed by atoms with E-state index in [2.05, 4.69) is 21.2 Å². The predicted molar refractivity (Wildman–Crippen MR) is 90.6 cm³/mol. The number of nitrogens with one attached hydrogen (secondary N) is 1. The van der Waals surface area contributed by atoms with Gasteiger partial charge in [-0.15, -0.1) is 11.8 Å². The van der Waals surface area contributed by atoms with Crippen molar-refractivity contribution in [1.82, 2.24) is 0 Å². The Hall–Kier alpha value is -1.30. The maximum Gasteiger partial charge on any atom is 0.234 e. The molecule has 1 atom stereocenters. The van der Waals surface area contributed by atoms with Gasteiger partial charge in [-0.05, 0) is 48.9 Å². The first-order chi connectivity index (χ1) is 10.0. The average molecular weight is 366 g/mol. The summed E-state index contributed by atoms with van der Waals surface area (Å²) in [5, 5.41) is 12.4. The number of aliphatic hydroxyl groups excluding tert-OH is 1. The molecule has 0 bridgehead atoms. The zero-order chi connectivity index (χ0) is 15.2. The Morgan fingerprint density at radius 1 is 1.29 bits per heavy atom. The summed E-state index contributed by atoms with van der Waals surface area (Å²) in [7, 11) is 0. The zero-order valence-electron chi connectivity index (χ0n) is 11.5. The van der Waals surface area contributed by atoms with Gasteiger partial charge >= 0.3 is 0 Å². The first kappa shape index (κ1) is 16.1. The lowest BCUT2D eigenvalue weighted by atomic mass is 10.1. The number of carbonyl (C=O) groups excluding carboxylic acids is 1. The fourth-order valence-corrected chi connectivity index (χ4v) is 2.77. The van der Waals surface area contributed by atoms with Gasteiger partial charge in [-0.3, -0.25) is 4.79 Å². The van der Waals surface area contributed by atoms with Gasteiger partial charge in [0.05, 0.1) is 11.9 Å². The van der Waals surface area contributed by atoms with Gasteiger partial charge in [0.1, 0.15) is 0 Å². The molecular weight excluding hydrogens is 350 g/mol. The normalized spacial score (nSPS) is 12.0. The van der Waals surface area contributed by atoms with Crippen LogP contribution in [0.4, 0.5) is 5.69 Å². The van der Waals surface area contributed by atoms with Gasteiger partial charge in [0.25, 0.3) is 0 Å². The smallest absolute Gasteiger partial charge is 0.234 e. The summed E-state index contributed by atoms with van der Waals surface area (Å²) in [5.41, 5.74) is 1.63. The highest BCUT2D eigenvalue weighted by Gasteiger charge is 2.06. The Kier molecular flexibility index (Phi) is 5.85.